The lowest BCUT2D eigenvalue weighted by Crippen LogP contribution is -2.14. The van der Waals surface area contributed by atoms with E-state index in [0.717, 1.165) is 42.1 Å². The Morgan fingerprint density at radius 1 is 1.38 bits per heavy atom. The molecule has 2 rings (SSSR count). The highest BCUT2D eigenvalue weighted by atomic mass is 79.9. The molecule has 0 bridgehead atoms. The third kappa shape index (κ3) is 4.46. The second-order valence-corrected chi connectivity index (χ2v) is 9.59. The van der Waals surface area contributed by atoms with Crippen molar-refractivity contribution in [3.05, 3.63) is 23.3 Å². The van der Waals surface area contributed by atoms with Crippen molar-refractivity contribution in [2.24, 2.45) is 10.9 Å². The van der Waals surface area contributed by atoms with Crippen LogP contribution in [0.5, 0.6) is 5.75 Å². The molecule has 1 fully saturated rings. The zero-order valence-corrected chi connectivity index (χ0v) is 16.2. The molecule has 5 heteroatoms. The molecule has 1 aliphatic rings. The second kappa shape index (κ2) is 6.69. The van der Waals surface area contributed by atoms with E-state index < -0.39 is 0 Å². The van der Waals surface area contributed by atoms with Gasteiger partial charge in [-0.15, -0.1) is 0 Å². The van der Waals surface area contributed by atoms with Crippen LogP contribution in [-0.2, 0) is 0 Å². The summed E-state index contributed by atoms with van der Waals surface area (Å²) in [4.78, 5) is 6.59. The first kappa shape index (κ1) is 16.8. The number of rotatable bonds is 6. The minimum atomic E-state index is 0.0952. The molecule has 0 aliphatic heterocycles. The Kier molecular flexibility index (Phi) is 5.36. The molecule has 1 saturated carbocycles. The number of hydrogen-bond donors (Lipinski definition) is 0. The van der Waals surface area contributed by atoms with Crippen LogP contribution in [0, 0.1) is 19.8 Å². The predicted octanol–water partition coefficient (Wildman–Crippen LogP) is 4.80. The smallest absolute Gasteiger partial charge is 0.122 e. The van der Waals surface area contributed by atoms with Crippen molar-refractivity contribution >= 4 is 43.9 Å². The summed E-state index contributed by atoms with van der Waals surface area (Å²) in [6.45, 7) is 7.93. The van der Waals surface area contributed by atoms with Crippen molar-refractivity contribution in [2.75, 3.05) is 20.2 Å². The first-order valence-electron chi connectivity index (χ1n) is 7.19. The Bertz CT molecular complexity index is 543. The van der Waals surface area contributed by atoms with Crippen molar-refractivity contribution < 1.29 is 4.74 Å². The van der Waals surface area contributed by atoms with Gasteiger partial charge in [0, 0.05) is 19.5 Å². The minimum Gasteiger partial charge on any atom is -0.493 e. The summed E-state index contributed by atoms with van der Waals surface area (Å²) in [6, 6.07) is 4.17. The molecule has 0 saturated heterocycles. The van der Waals surface area contributed by atoms with Gasteiger partial charge in [-0.3, -0.25) is 0 Å². The molecule has 116 valence electrons. The number of aliphatic imine (C=N–C) groups is 1. The number of alkyl halides is 2. The Balaban J connectivity index is 2.04. The van der Waals surface area contributed by atoms with Crippen LogP contribution in [0.15, 0.2) is 17.1 Å². The standard InChI is InChI=1S/C16H22Br2N2O/c1-5-20(4)10-19-14-6-12(3)15(7-11(14)2)21-9-13-8-16(13,17)18/h6-7,10,13H,5,8-9H2,1-4H3/b19-10+. The zero-order chi connectivity index (χ0) is 15.6. The van der Waals surface area contributed by atoms with Gasteiger partial charge in [0.1, 0.15) is 5.75 Å². The van der Waals surface area contributed by atoms with Crippen LogP contribution in [0.25, 0.3) is 0 Å². The molecule has 21 heavy (non-hydrogen) atoms. The van der Waals surface area contributed by atoms with E-state index in [-0.39, 0.29) is 3.23 Å². The molecule has 1 aromatic carbocycles. The molecule has 1 atom stereocenters. The molecular weight excluding hydrogens is 396 g/mol. The van der Waals surface area contributed by atoms with Gasteiger partial charge in [0.2, 0.25) is 0 Å². The van der Waals surface area contributed by atoms with E-state index in [1.165, 1.54) is 0 Å². The molecule has 1 aromatic rings. The average molecular weight is 418 g/mol. The van der Waals surface area contributed by atoms with Crippen LogP contribution in [0.4, 0.5) is 5.69 Å². The van der Waals surface area contributed by atoms with Crippen molar-refractivity contribution in [1.82, 2.24) is 4.90 Å². The van der Waals surface area contributed by atoms with Gasteiger partial charge in [-0.2, -0.15) is 0 Å². The number of hydrogen-bond acceptors (Lipinski definition) is 2. The molecule has 0 aromatic heterocycles. The molecule has 3 nitrogen and oxygen atoms in total. The van der Waals surface area contributed by atoms with Crippen LogP contribution >= 0.6 is 31.9 Å². The Labute approximate surface area is 144 Å². The van der Waals surface area contributed by atoms with Crippen LogP contribution in [0.1, 0.15) is 24.5 Å². The molecule has 0 radical (unpaired) electrons. The number of aryl methyl sites for hydroxylation is 2. The zero-order valence-electron chi connectivity index (χ0n) is 13.0. The van der Waals surface area contributed by atoms with Crippen LogP contribution in [0.3, 0.4) is 0 Å². The van der Waals surface area contributed by atoms with Gasteiger partial charge in [-0.25, -0.2) is 4.99 Å². The maximum atomic E-state index is 5.96. The number of halogens is 2. The van der Waals surface area contributed by atoms with Crippen LogP contribution < -0.4 is 4.74 Å². The summed E-state index contributed by atoms with van der Waals surface area (Å²) in [5.74, 6) is 1.49. The van der Waals surface area contributed by atoms with Gasteiger partial charge >= 0.3 is 0 Å². The lowest BCUT2D eigenvalue weighted by Gasteiger charge is -2.13. The lowest BCUT2D eigenvalue weighted by atomic mass is 10.1. The number of ether oxygens (including phenoxy) is 1. The predicted molar refractivity (Wildman–Crippen MR) is 96.6 cm³/mol. The maximum Gasteiger partial charge on any atom is 0.122 e. The fraction of sp³-hybridized carbons (Fsp3) is 0.562. The third-order valence-electron chi connectivity index (χ3n) is 3.78. The van der Waals surface area contributed by atoms with Gasteiger partial charge in [-0.05, 0) is 50.5 Å². The molecular formula is C16H22Br2N2O. The molecule has 1 unspecified atom stereocenters. The molecule has 0 spiro atoms. The van der Waals surface area contributed by atoms with Crippen molar-refractivity contribution in [2.45, 2.75) is 30.4 Å². The van der Waals surface area contributed by atoms with Crippen LogP contribution in [0.2, 0.25) is 0 Å². The summed E-state index contributed by atoms with van der Waals surface area (Å²) in [5.41, 5.74) is 3.26. The highest BCUT2D eigenvalue weighted by Crippen LogP contribution is 2.56. The maximum absolute atomic E-state index is 5.96. The Hall–Kier alpha value is -0.550. The fourth-order valence-electron chi connectivity index (χ4n) is 1.95. The molecule has 0 heterocycles. The third-order valence-corrected chi connectivity index (χ3v) is 5.72. The first-order valence-corrected chi connectivity index (χ1v) is 8.78. The van der Waals surface area contributed by atoms with Crippen molar-refractivity contribution in [3.8, 4) is 5.75 Å². The minimum absolute atomic E-state index is 0.0952. The van der Waals surface area contributed by atoms with Crippen molar-refractivity contribution in [1.29, 1.82) is 0 Å². The van der Waals surface area contributed by atoms with E-state index in [1.807, 2.05) is 13.4 Å². The fourth-order valence-corrected chi connectivity index (χ4v) is 3.00. The Morgan fingerprint density at radius 2 is 2.05 bits per heavy atom. The summed E-state index contributed by atoms with van der Waals surface area (Å²) < 4.78 is 6.05. The number of benzene rings is 1. The quantitative estimate of drug-likeness (QED) is 0.377. The summed E-state index contributed by atoms with van der Waals surface area (Å²) in [6.07, 6.45) is 2.98. The molecule has 0 amide bonds. The molecule has 0 N–H and O–H groups in total. The van der Waals surface area contributed by atoms with Crippen LogP contribution in [-0.4, -0.2) is 34.7 Å². The molecule has 1 aliphatic carbocycles. The van der Waals surface area contributed by atoms with E-state index >= 15 is 0 Å². The Morgan fingerprint density at radius 3 is 2.62 bits per heavy atom. The van der Waals surface area contributed by atoms with E-state index in [0.29, 0.717) is 5.92 Å². The topological polar surface area (TPSA) is 24.8 Å². The first-order chi connectivity index (χ1) is 9.83. The van der Waals surface area contributed by atoms with Gasteiger partial charge in [0.25, 0.3) is 0 Å². The largest absolute Gasteiger partial charge is 0.493 e. The summed E-state index contributed by atoms with van der Waals surface area (Å²) in [5, 5.41) is 0. The highest BCUT2D eigenvalue weighted by molar-refractivity contribution is 9.25. The summed E-state index contributed by atoms with van der Waals surface area (Å²) in [7, 11) is 2.02. The van der Waals surface area contributed by atoms with Gasteiger partial charge < -0.3 is 9.64 Å². The van der Waals surface area contributed by atoms with E-state index in [9.17, 15) is 0 Å². The van der Waals surface area contributed by atoms with Gasteiger partial charge in [0.15, 0.2) is 0 Å². The number of nitrogens with zero attached hydrogens (tertiary/aromatic N) is 2. The van der Waals surface area contributed by atoms with E-state index in [2.05, 4.69) is 74.7 Å². The second-order valence-electron chi connectivity index (χ2n) is 5.70. The lowest BCUT2D eigenvalue weighted by molar-refractivity contribution is 0.297. The highest BCUT2D eigenvalue weighted by Gasteiger charge is 2.50. The normalized spacial score (nSPS) is 19.8. The monoisotopic (exact) mass is 416 g/mol. The summed E-state index contributed by atoms with van der Waals surface area (Å²) >= 11 is 7.25. The average Bonchev–Trinajstić information content (AvgIpc) is 3.04. The van der Waals surface area contributed by atoms with Crippen molar-refractivity contribution in [3.63, 3.8) is 0 Å². The van der Waals surface area contributed by atoms with Gasteiger partial charge in [-0.1, -0.05) is 31.9 Å². The van der Waals surface area contributed by atoms with E-state index in [1.54, 1.807) is 0 Å². The van der Waals surface area contributed by atoms with E-state index in [4.69, 9.17) is 4.74 Å². The SMILES string of the molecule is CCN(C)/C=N/c1cc(C)c(OCC2CC2(Br)Br)cc1C. The van der Waals surface area contributed by atoms with Gasteiger partial charge in [0.05, 0.1) is 21.9 Å².